The lowest BCUT2D eigenvalue weighted by atomic mass is 10.3. The Labute approximate surface area is 93.2 Å². The molecule has 0 saturated heterocycles. The molecule has 0 bridgehead atoms. The van der Waals surface area contributed by atoms with E-state index in [1.165, 1.54) is 0 Å². The molecular weight excluding hydrogens is 220 g/mol. The number of hydrogen-bond acceptors (Lipinski definition) is 3. The molecule has 0 heterocycles. The Bertz CT molecular complexity index is 281. The molecule has 1 rings (SSSR count). The first-order valence-electron chi connectivity index (χ1n) is 4.27. The Kier molecular flexibility index (Phi) is 5.15. The molecular formula is C10H13ClO2S. The lowest BCUT2D eigenvalue weighted by molar-refractivity contribution is 0.223. The van der Waals surface area contributed by atoms with Crippen molar-refractivity contribution in [2.45, 2.75) is 11.0 Å². The minimum Gasteiger partial charge on any atom is -0.497 e. The summed E-state index contributed by atoms with van der Waals surface area (Å²) in [5.74, 6) is 1.71. The highest BCUT2D eigenvalue weighted by Gasteiger charge is 2.03. The Morgan fingerprint density at radius 2 is 2.36 bits per heavy atom. The summed E-state index contributed by atoms with van der Waals surface area (Å²) in [5, 5.41) is 9.26. The van der Waals surface area contributed by atoms with Gasteiger partial charge in [-0.25, -0.2) is 0 Å². The summed E-state index contributed by atoms with van der Waals surface area (Å²) >= 11 is 7.06. The smallest absolute Gasteiger partial charge is 0.119 e. The Morgan fingerprint density at radius 1 is 1.57 bits per heavy atom. The van der Waals surface area contributed by atoms with Gasteiger partial charge in [-0.1, -0.05) is 6.07 Å². The van der Waals surface area contributed by atoms with Crippen LogP contribution in [-0.4, -0.2) is 30.0 Å². The molecule has 1 aromatic rings. The standard InChI is InChI=1S/C10H13ClO2S/c1-13-9-3-2-4-10(5-9)14-7-8(12)6-11/h2-5,8,12H,6-7H2,1H3. The molecule has 0 spiro atoms. The van der Waals surface area contributed by atoms with Crippen molar-refractivity contribution in [3.63, 3.8) is 0 Å². The zero-order valence-corrected chi connectivity index (χ0v) is 9.52. The highest BCUT2D eigenvalue weighted by Crippen LogP contribution is 2.23. The lowest BCUT2D eigenvalue weighted by Crippen LogP contribution is -2.10. The molecule has 0 amide bonds. The summed E-state index contributed by atoms with van der Waals surface area (Å²) in [4.78, 5) is 1.08. The fraction of sp³-hybridized carbons (Fsp3) is 0.400. The van der Waals surface area contributed by atoms with Crippen LogP contribution in [0.3, 0.4) is 0 Å². The quantitative estimate of drug-likeness (QED) is 0.625. The summed E-state index contributed by atoms with van der Waals surface area (Å²) in [7, 11) is 1.64. The average Bonchev–Trinajstić information content (AvgIpc) is 2.26. The molecule has 0 aromatic heterocycles. The van der Waals surface area contributed by atoms with Crippen molar-refractivity contribution in [3.05, 3.63) is 24.3 Å². The Balaban J connectivity index is 2.50. The third kappa shape index (κ3) is 3.78. The van der Waals surface area contributed by atoms with E-state index < -0.39 is 6.10 Å². The van der Waals surface area contributed by atoms with Crippen LogP contribution < -0.4 is 4.74 Å². The molecule has 2 nitrogen and oxygen atoms in total. The van der Waals surface area contributed by atoms with Crippen molar-refractivity contribution in [3.8, 4) is 5.75 Å². The molecule has 1 unspecified atom stereocenters. The van der Waals surface area contributed by atoms with Crippen LogP contribution in [0.4, 0.5) is 0 Å². The first-order valence-corrected chi connectivity index (χ1v) is 5.79. The van der Waals surface area contributed by atoms with Crippen LogP contribution in [0.1, 0.15) is 0 Å². The van der Waals surface area contributed by atoms with E-state index in [9.17, 15) is 5.11 Å². The van der Waals surface area contributed by atoms with E-state index in [1.807, 2.05) is 24.3 Å². The predicted molar refractivity (Wildman–Crippen MR) is 60.4 cm³/mol. The van der Waals surface area contributed by atoms with E-state index in [4.69, 9.17) is 16.3 Å². The molecule has 1 N–H and O–H groups in total. The van der Waals surface area contributed by atoms with Crippen LogP contribution >= 0.6 is 23.4 Å². The van der Waals surface area contributed by atoms with E-state index in [0.29, 0.717) is 5.75 Å². The number of halogens is 1. The minimum absolute atomic E-state index is 0.275. The Morgan fingerprint density at radius 3 is 3.00 bits per heavy atom. The first-order chi connectivity index (χ1) is 6.76. The van der Waals surface area contributed by atoms with Crippen LogP contribution in [0.5, 0.6) is 5.75 Å². The van der Waals surface area contributed by atoms with E-state index in [2.05, 4.69) is 0 Å². The second kappa shape index (κ2) is 6.17. The van der Waals surface area contributed by atoms with Gasteiger partial charge in [0.25, 0.3) is 0 Å². The zero-order chi connectivity index (χ0) is 10.4. The van der Waals surface area contributed by atoms with Crippen LogP contribution in [0.15, 0.2) is 29.2 Å². The second-order valence-electron chi connectivity index (χ2n) is 2.80. The fourth-order valence-corrected chi connectivity index (χ4v) is 2.04. The molecule has 4 heteroatoms. The van der Waals surface area contributed by atoms with Crippen molar-refractivity contribution in [1.82, 2.24) is 0 Å². The van der Waals surface area contributed by atoms with Crippen molar-refractivity contribution < 1.29 is 9.84 Å². The number of alkyl halides is 1. The van der Waals surface area contributed by atoms with Gasteiger partial charge in [0.1, 0.15) is 5.75 Å². The molecule has 1 atom stereocenters. The van der Waals surface area contributed by atoms with Gasteiger partial charge in [0.15, 0.2) is 0 Å². The Hall–Kier alpha value is -0.380. The van der Waals surface area contributed by atoms with E-state index >= 15 is 0 Å². The fourth-order valence-electron chi connectivity index (χ4n) is 0.928. The lowest BCUT2D eigenvalue weighted by Gasteiger charge is -2.07. The molecule has 0 aliphatic carbocycles. The van der Waals surface area contributed by atoms with Crippen molar-refractivity contribution in [2.24, 2.45) is 0 Å². The number of aliphatic hydroxyl groups excluding tert-OH is 1. The van der Waals surface area contributed by atoms with Crippen LogP contribution in [0.2, 0.25) is 0 Å². The van der Waals surface area contributed by atoms with Gasteiger partial charge in [0.2, 0.25) is 0 Å². The highest BCUT2D eigenvalue weighted by molar-refractivity contribution is 7.99. The summed E-state index contributed by atoms with van der Waals surface area (Å²) in [6.07, 6.45) is -0.451. The van der Waals surface area contributed by atoms with Gasteiger partial charge in [-0.15, -0.1) is 23.4 Å². The van der Waals surface area contributed by atoms with Gasteiger partial charge in [-0.2, -0.15) is 0 Å². The molecule has 14 heavy (non-hydrogen) atoms. The topological polar surface area (TPSA) is 29.5 Å². The van der Waals surface area contributed by atoms with E-state index in [-0.39, 0.29) is 5.88 Å². The SMILES string of the molecule is COc1cccc(SCC(O)CCl)c1. The molecule has 0 aliphatic rings. The summed E-state index contributed by atoms with van der Waals surface area (Å²) in [6, 6.07) is 7.73. The van der Waals surface area contributed by atoms with Gasteiger partial charge >= 0.3 is 0 Å². The number of methoxy groups -OCH3 is 1. The maximum absolute atomic E-state index is 9.26. The largest absolute Gasteiger partial charge is 0.497 e. The van der Waals surface area contributed by atoms with Gasteiger partial charge in [0.05, 0.1) is 13.2 Å². The third-order valence-corrected chi connectivity index (χ3v) is 3.16. The minimum atomic E-state index is -0.451. The number of hydrogen-bond donors (Lipinski definition) is 1. The maximum atomic E-state index is 9.26. The number of thioether (sulfide) groups is 1. The second-order valence-corrected chi connectivity index (χ2v) is 4.20. The average molecular weight is 233 g/mol. The summed E-state index contributed by atoms with van der Waals surface area (Å²) < 4.78 is 5.09. The molecule has 1 aromatic carbocycles. The molecule has 78 valence electrons. The highest BCUT2D eigenvalue weighted by atomic mass is 35.5. The zero-order valence-electron chi connectivity index (χ0n) is 7.94. The van der Waals surface area contributed by atoms with Crippen LogP contribution in [0.25, 0.3) is 0 Å². The number of ether oxygens (including phenoxy) is 1. The van der Waals surface area contributed by atoms with E-state index in [0.717, 1.165) is 10.6 Å². The molecule has 0 radical (unpaired) electrons. The normalized spacial score (nSPS) is 12.5. The van der Waals surface area contributed by atoms with E-state index in [1.54, 1.807) is 18.9 Å². The number of aliphatic hydroxyl groups is 1. The van der Waals surface area contributed by atoms with Gasteiger partial charge in [-0.3, -0.25) is 0 Å². The molecule has 0 fully saturated rings. The van der Waals surface area contributed by atoms with Crippen LogP contribution in [0, 0.1) is 0 Å². The van der Waals surface area contributed by atoms with Gasteiger partial charge in [0, 0.05) is 16.5 Å². The predicted octanol–water partition coefficient (Wildman–Crippen LogP) is 2.39. The number of benzene rings is 1. The molecule has 0 aliphatic heterocycles. The van der Waals surface area contributed by atoms with Crippen molar-refractivity contribution in [1.29, 1.82) is 0 Å². The van der Waals surface area contributed by atoms with Gasteiger partial charge < -0.3 is 9.84 Å². The first kappa shape index (κ1) is 11.7. The number of rotatable bonds is 5. The van der Waals surface area contributed by atoms with Crippen LogP contribution in [-0.2, 0) is 0 Å². The molecule has 0 saturated carbocycles. The maximum Gasteiger partial charge on any atom is 0.119 e. The summed E-state index contributed by atoms with van der Waals surface area (Å²) in [6.45, 7) is 0. The van der Waals surface area contributed by atoms with Crippen molar-refractivity contribution >= 4 is 23.4 Å². The van der Waals surface area contributed by atoms with Crippen molar-refractivity contribution in [2.75, 3.05) is 18.7 Å². The third-order valence-electron chi connectivity index (χ3n) is 1.66. The van der Waals surface area contributed by atoms with Gasteiger partial charge in [-0.05, 0) is 18.2 Å². The summed E-state index contributed by atoms with van der Waals surface area (Å²) in [5.41, 5.74) is 0. The monoisotopic (exact) mass is 232 g/mol.